The Kier molecular flexibility index (Phi) is 4.75. The minimum atomic E-state index is -0.481. The highest BCUT2D eigenvalue weighted by molar-refractivity contribution is 7.14. The van der Waals surface area contributed by atoms with Gasteiger partial charge < -0.3 is 5.32 Å². The Hall–Kier alpha value is -2.81. The number of hydrogen-bond acceptors (Lipinski definition) is 6. The van der Waals surface area contributed by atoms with Crippen molar-refractivity contribution in [3.05, 3.63) is 45.0 Å². The van der Waals surface area contributed by atoms with Gasteiger partial charge in [-0.2, -0.15) is 0 Å². The number of nitrogens with zero attached hydrogens (tertiary/aromatic N) is 3. The van der Waals surface area contributed by atoms with Crippen LogP contribution in [0, 0.1) is 17.0 Å². The van der Waals surface area contributed by atoms with Gasteiger partial charge in [0.25, 0.3) is 5.69 Å². The molecule has 0 radical (unpaired) electrons. The summed E-state index contributed by atoms with van der Waals surface area (Å²) in [4.78, 5) is 40.4. The fraction of sp³-hybridized carbons (Fsp3) is 0.312. The molecule has 0 saturated carbocycles. The molecule has 1 fully saturated rings. The van der Waals surface area contributed by atoms with E-state index in [2.05, 4.69) is 10.3 Å². The third kappa shape index (κ3) is 3.66. The lowest BCUT2D eigenvalue weighted by Crippen LogP contribution is -2.23. The Morgan fingerprint density at radius 2 is 2.28 bits per heavy atom. The molecular formula is C16H16N4O4S. The lowest BCUT2D eigenvalue weighted by atomic mass is 10.1. The zero-order valence-electron chi connectivity index (χ0n) is 13.5. The van der Waals surface area contributed by atoms with E-state index in [9.17, 15) is 19.7 Å². The Balaban J connectivity index is 1.67. The van der Waals surface area contributed by atoms with Gasteiger partial charge in [-0.3, -0.25) is 24.6 Å². The quantitative estimate of drug-likeness (QED) is 0.652. The highest BCUT2D eigenvalue weighted by Gasteiger charge is 2.24. The first-order chi connectivity index (χ1) is 12.0. The highest BCUT2D eigenvalue weighted by atomic mass is 32.1. The smallest absolute Gasteiger partial charge is 0.274 e. The molecule has 8 nitrogen and oxygen atoms in total. The van der Waals surface area contributed by atoms with Gasteiger partial charge in [0, 0.05) is 24.4 Å². The van der Waals surface area contributed by atoms with Gasteiger partial charge in [-0.05, 0) is 19.4 Å². The van der Waals surface area contributed by atoms with Gasteiger partial charge in [0.2, 0.25) is 11.8 Å². The average molecular weight is 360 g/mol. The minimum Gasteiger partial charge on any atom is -0.325 e. The second-order valence-corrected chi connectivity index (χ2v) is 6.54. The zero-order chi connectivity index (χ0) is 18.0. The average Bonchev–Trinajstić information content (AvgIpc) is 3.17. The van der Waals surface area contributed by atoms with Gasteiger partial charge in [0.05, 0.1) is 28.3 Å². The van der Waals surface area contributed by atoms with Crippen molar-refractivity contribution in [2.24, 2.45) is 0 Å². The molecule has 2 amide bonds. The molecule has 1 aromatic carbocycles. The van der Waals surface area contributed by atoms with E-state index in [1.54, 1.807) is 23.3 Å². The Morgan fingerprint density at radius 3 is 2.96 bits per heavy atom. The number of carbonyl (C=O) groups excluding carboxylic acids is 2. The molecule has 0 spiro atoms. The van der Waals surface area contributed by atoms with Crippen molar-refractivity contribution in [2.75, 3.05) is 16.8 Å². The predicted molar refractivity (Wildman–Crippen MR) is 93.9 cm³/mol. The first kappa shape index (κ1) is 17.0. The fourth-order valence-corrected chi connectivity index (χ4v) is 3.54. The molecule has 2 aromatic rings. The summed E-state index contributed by atoms with van der Waals surface area (Å²) >= 11 is 1.33. The topological polar surface area (TPSA) is 105 Å². The number of benzene rings is 1. The summed E-state index contributed by atoms with van der Waals surface area (Å²) < 4.78 is 0. The number of nitro benzene ring substituents is 1. The zero-order valence-corrected chi connectivity index (χ0v) is 14.3. The standard InChI is InChI=1S/C16H16N4O4S/c1-10-12(4-2-5-13(10)20(23)24)18-14(21)8-11-9-25-16(17-11)19-7-3-6-15(19)22/h2,4-5,9H,3,6-8H2,1H3,(H,18,21). The number of aromatic nitrogens is 1. The molecule has 1 aliphatic heterocycles. The van der Waals surface area contributed by atoms with Crippen molar-refractivity contribution in [1.82, 2.24) is 4.98 Å². The predicted octanol–water partition coefficient (Wildman–Crippen LogP) is 2.67. The van der Waals surface area contributed by atoms with Gasteiger partial charge in [-0.15, -0.1) is 11.3 Å². The number of carbonyl (C=O) groups is 2. The maximum atomic E-state index is 12.2. The van der Waals surface area contributed by atoms with Crippen LogP contribution in [0.1, 0.15) is 24.1 Å². The van der Waals surface area contributed by atoms with E-state index in [1.165, 1.54) is 23.5 Å². The normalized spacial score (nSPS) is 14.0. The number of thiazole rings is 1. The van der Waals surface area contributed by atoms with Crippen molar-refractivity contribution in [2.45, 2.75) is 26.2 Å². The van der Waals surface area contributed by atoms with Crippen LogP contribution >= 0.6 is 11.3 Å². The Bertz CT molecular complexity index is 848. The number of rotatable bonds is 5. The van der Waals surface area contributed by atoms with Gasteiger partial charge in [0.15, 0.2) is 5.13 Å². The number of nitro groups is 1. The molecule has 130 valence electrons. The maximum absolute atomic E-state index is 12.2. The molecule has 0 unspecified atom stereocenters. The van der Waals surface area contributed by atoms with Crippen molar-refractivity contribution in [1.29, 1.82) is 0 Å². The molecule has 9 heteroatoms. The number of amides is 2. The van der Waals surface area contributed by atoms with Crippen LogP contribution < -0.4 is 10.2 Å². The van der Waals surface area contributed by atoms with E-state index in [0.29, 0.717) is 35.0 Å². The number of anilines is 2. The molecule has 0 atom stereocenters. The first-order valence-electron chi connectivity index (χ1n) is 7.74. The first-order valence-corrected chi connectivity index (χ1v) is 8.62. The van der Waals surface area contributed by atoms with Crippen LogP contribution in [0.2, 0.25) is 0 Å². The van der Waals surface area contributed by atoms with E-state index in [1.807, 2.05) is 0 Å². The van der Waals surface area contributed by atoms with Gasteiger partial charge in [-0.1, -0.05) is 6.07 Å². The third-order valence-electron chi connectivity index (χ3n) is 3.96. The summed E-state index contributed by atoms with van der Waals surface area (Å²) in [5.41, 5.74) is 1.34. The van der Waals surface area contributed by atoms with Crippen molar-refractivity contribution < 1.29 is 14.5 Å². The Morgan fingerprint density at radius 1 is 1.48 bits per heavy atom. The van der Waals surface area contributed by atoms with Crippen molar-refractivity contribution in [3.8, 4) is 0 Å². The third-order valence-corrected chi connectivity index (χ3v) is 4.87. The summed E-state index contributed by atoms with van der Waals surface area (Å²) in [5.74, 6) is -0.259. The summed E-state index contributed by atoms with van der Waals surface area (Å²) in [6.45, 7) is 2.25. The second kappa shape index (κ2) is 6.98. The molecule has 1 saturated heterocycles. The molecule has 25 heavy (non-hydrogen) atoms. The van der Waals surface area contributed by atoms with E-state index in [4.69, 9.17) is 0 Å². The molecule has 3 rings (SSSR count). The van der Waals surface area contributed by atoms with Crippen molar-refractivity contribution in [3.63, 3.8) is 0 Å². The van der Waals surface area contributed by atoms with Gasteiger partial charge >= 0.3 is 0 Å². The number of hydrogen-bond donors (Lipinski definition) is 1. The SMILES string of the molecule is Cc1c(NC(=O)Cc2csc(N3CCCC3=O)n2)cccc1[N+](=O)[O-]. The summed E-state index contributed by atoms with van der Waals surface area (Å²) in [6, 6.07) is 4.54. The molecular weight excluding hydrogens is 344 g/mol. The molecule has 0 bridgehead atoms. The molecule has 1 aromatic heterocycles. The van der Waals surface area contributed by atoms with E-state index >= 15 is 0 Å². The van der Waals surface area contributed by atoms with Crippen LogP contribution in [-0.4, -0.2) is 28.3 Å². The van der Waals surface area contributed by atoms with Crippen LogP contribution in [0.3, 0.4) is 0 Å². The van der Waals surface area contributed by atoms with Gasteiger partial charge in [0.1, 0.15) is 0 Å². The molecule has 2 heterocycles. The van der Waals surface area contributed by atoms with Crippen LogP contribution in [0.25, 0.3) is 0 Å². The molecule has 0 aliphatic carbocycles. The highest BCUT2D eigenvalue weighted by Crippen LogP contribution is 2.27. The monoisotopic (exact) mass is 360 g/mol. The van der Waals surface area contributed by atoms with Gasteiger partial charge in [-0.25, -0.2) is 4.98 Å². The second-order valence-electron chi connectivity index (χ2n) is 5.70. The minimum absolute atomic E-state index is 0.0405. The fourth-order valence-electron chi connectivity index (χ4n) is 2.67. The van der Waals surface area contributed by atoms with Crippen molar-refractivity contribution >= 4 is 39.7 Å². The summed E-state index contributed by atoms with van der Waals surface area (Å²) in [6.07, 6.45) is 1.39. The molecule has 1 aliphatic rings. The van der Waals surface area contributed by atoms with E-state index < -0.39 is 4.92 Å². The van der Waals surface area contributed by atoms with Crippen LogP contribution in [0.5, 0.6) is 0 Å². The van der Waals surface area contributed by atoms with Crippen LogP contribution in [-0.2, 0) is 16.0 Å². The van der Waals surface area contributed by atoms with E-state index in [0.717, 1.165) is 6.42 Å². The molecule has 1 N–H and O–H groups in total. The number of nitrogens with one attached hydrogen (secondary N) is 1. The maximum Gasteiger partial charge on any atom is 0.274 e. The summed E-state index contributed by atoms with van der Waals surface area (Å²) in [7, 11) is 0. The Labute approximate surface area is 147 Å². The summed E-state index contributed by atoms with van der Waals surface area (Å²) in [5, 5.41) is 16.0. The van der Waals surface area contributed by atoms with Crippen LogP contribution in [0.4, 0.5) is 16.5 Å². The lowest BCUT2D eigenvalue weighted by Gasteiger charge is -2.10. The largest absolute Gasteiger partial charge is 0.325 e. The van der Waals surface area contributed by atoms with Crippen LogP contribution in [0.15, 0.2) is 23.6 Å². The lowest BCUT2D eigenvalue weighted by molar-refractivity contribution is -0.385. The van der Waals surface area contributed by atoms with E-state index in [-0.39, 0.29) is 23.9 Å².